The van der Waals surface area contributed by atoms with Crippen LogP contribution >= 0.6 is 0 Å². The zero-order valence-corrected chi connectivity index (χ0v) is 25.3. The average molecular weight is 610 g/mol. The summed E-state index contributed by atoms with van der Waals surface area (Å²) in [5, 5.41) is 2.68. The van der Waals surface area contributed by atoms with Crippen LogP contribution in [-0.2, 0) is 20.0 Å². The number of ether oxygens (including phenoxy) is 2. The number of rotatable bonds is 10. The maximum absolute atomic E-state index is 13.2. The van der Waals surface area contributed by atoms with Gasteiger partial charge >= 0.3 is 0 Å². The van der Waals surface area contributed by atoms with Gasteiger partial charge in [0.2, 0.25) is 0 Å². The van der Waals surface area contributed by atoms with Gasteiger partial charge in [-0.25, -0.2) is 16.8 Å². The molecule has 0 heterocycles. The first-order chi connectivity index (χ1) is 19.8. The summed E-state index contributed by atoms with van der Waals surface area (Å²) in [4.78, 5) is 12.9. The van der Waals surface area contributed by atoms with Crippen molar-refractivity contribution in [2.24, 2.45) is 0 Å². The summed E-state index contributed by atoms with van der Waals surface area (Å²) in [5.41, 5.74) is 3.35. The van der Waals surface area contributed by atoms with Crippen LogP contribution in [0.4, 0.5) is 17.1 Å². The van der Waals surface area contributed by atoms with Crippen molar-refractivity contribution in [2.45, 2.75) is 30.6 Å². The Hall–Kier alpha value is -4.55. The third kappa shape index (κ3) is 7.01. The van der Waals surface area contributed by atoms with E-state index < -0.39 is 26.0 Å². The van der Waals surface area contributed by atoms with E-state index in [1.165, 1.54) is 56.7 Å². The fourth-order valence-electron chi connectivity index (χ4n) is 4.29. The first-order valence-electron chi connectivity index (χ1n) is 12.7. The molecule has 0 unspecified atom stereocenters. The van der Waals surface area contributed by atoms with Crippen molar-refractivity contribution >= 4 is 43.0 Å². The van der Waals surface area contributed by atoms with Gasteiger partial charge in [-0.1, -0.05) is 12.1 Å². The minimum Gasteiger partial charge on any atom is -0.497 e. The number of carbonyl (C=O) groups excluding carboxylic acids is 1. The molecule has 0 spiro atoms. The van der Waals surface area contributed by atoms with Crippen molar-refractivity contribution in [3.05, 3.63) is 101 Å². The summed E-state index contributed by atoms with van der Waals surface area (Å²) in [5.74, 6) is 0.194. The van der Waals surface area contributed by atoms with E-state index in [-0.39, 0.29) is 21.0 Å². The molecule has 12 heteroatoms. The molecule has 1 amide bonds. The second-order valence-corrected chi connectivity index (χ2v) is 12.9. The van der Waals surface area contributed by atoms with Crippen molar-refractivity contribution in [3.63, 3.8) is 0 Å². The fraction of sp³-hybridized carbons (Fsp3) is 0.167. The minimum atomic E-state index is -4.00. The van der Waals surface area contributed by atoms with E-state index in [1.807, 2.05) is 19.9 Å². The smallest absolute Gasteiger partial charge is 0.262 e. The molecule has 10 nitrogen and oxygen atoms in total. The minimum absolute atomic E-state index is 0.0326. The van der Waals surface area contributed by atoms with Gasteiger partial charge in [0.25, 0.3) is 26.0 Å². The summed E-state index contributed by atoms with van der Waals surface area (Å²) >= 11 is 0. The third-order valence-electron chi connectivity index (χ3n) is 6.29. The highest BCUT2D eigenvalue weighted by Gasteiger charge is 2.21. The van der Waals surface area contributed by atoms with Gasteiger partial charge in [-0.2, -0.15) is 0 Å². The van der Waals surface area contributed by atoms with Crippen molar-refractivity contribution in [1.29, 1.82) is 0 Å². The highest BCUT2D eigenvalue weighted by molar-refractivity contribution is 7.93. The lowest BCUT2D eigenvalue weighted by Crippen LogP contribution is -2.17. The van der Waals surface area contributed by atoms with Crippen LogP contribution in [0.3, 0.4) is 0 Å². The molecular formula is C30H31N3O7S2. The Morgan fingerprint density at radius 3 is 1.95 bits per heavy atom. The van der Waals surface area contributed by atoms with Gasteiger partial charge in [0.15, 0.2) is 0 Å². The number of amides is 1. The molecule has 4 aromatic rings. The number of anilines is 3. The second-order valence-electron chi connectivity index (χ2n) is 9.61. The van der Waals surface area contributed by atoms with Gasteiger partial charge < -0.3 is 14.8 Å². The molecule has 0 aromatic heterocycles. The van der Waals surface area contributed by atoms with Crippen molar-refractivity contribution in [1.82, 2.24) is 0 Å². The van der Waals surface area contributed by atoms with E-state index in [1.54, 1.807) is 37.3 Å². The predicted molar refractivity (Wildman–Crippen MR) is 163 cm³/mol. The number of nitrogens with one attached hydrogen (secondary N) is 3. The number of benzene rings is 4. The van der Waals surface area contributed by atoms with Crippen LogP contribution in [0.5, 0.6) is 11.5 Å². The fourth-order valence-corrected chi connectivity index (χ4v) is 6.67. The molecule has 4 aromatic carbocycles. The molecule has 3 N–H and O–H groups in total. The zero-order valence-electron chi connectivity index (χ0n) is 23.7. The Bertz CT molecular complexity index is 1830. The maximum Gasteiger partial charge on any atom is 0.262 e. The molecular weight excluding hydrogens is 578 g/mol. The Morgan fingerprint density at radius 1 is 0.667 bits per heavy atom. The number of carbonyl (C=O) groups is 1. The van der Waals surface area contributed by atoms with Crippen molar-refractivity contribution in [3.8, 4) is 11.5 Å². The van der Waals surface area contributed by atoms with Crippen LogP contribution in [0.2, 0.25) is 0 Å². The molecule has 0 bridgehead atoms. The van der Waals surface area contributed by atoms with Gasteiger partial charge in [-0.15, -0.1) is 0 Å². The molecule has 220 valence electrons. The number of hydrogen-bond acceptors (Lipinski definition) is 7. The number of methoxy groups -OCH3 is 2. The quantitative estimate of drug-likeness (QED) is 0.216. The summed E-state index contributed by atoms with van der Waals surface area (Å²) in [6.45, 7) is 5.39. The zero-order chi connectivity index (χ0) is 30.7. The van der Waals surface area contributed by atoms with E-state index in [2.05, 4.69) is 14.8 Å². The van der Waals surface area contributed by atoms with Crippen LogP contribution in [0.25, 0.3) is 0 Å². The average Bonchev–Trinajstić information content (AvgIpc) is 2.92. The van der Waals surface area contributed by atoms with Gasteiger partial charge in [-0.3, -0.25) is 14.2 Å². The van der Waals surface area contributed by atoms with Crippen LogP contribution in [0, 0.1) is 20.8 Å². The van der Waals surface area contributed by atoms with E-state index in [4.69, 9.17) is 9.47 Å². The largest absolute Gasteiger partial charge is 0.497 e. The standard InChI is InChI=1S/C30H31N3O7S2/c1-19-14-20(2)16-24(15-19)32-42(37,38)29-17-22(7-6-21(29)3)30(34)31-23-8-11-26(12-9-23)41(35,36)33-27-18-25(39-4)10-13-28(27)40-5/h6-18,32-33H,1-5H3,(H,31,34). The first kappa shape index (κ1) is 30.4. The summed E-state index contributed by atoms with van der Waals surface area (Å²) in [7, 11) is -5.10. The number of sulfonamides is 2. The SMILES string of the molecule is COc1ccc(OC)c(NS(=O)(=O)c2ccc(NC(=O)c3ccc(C)c(S(=O)(=O)Nc4cc(C)cc(C)c4)c3)cc2)c1. The lowest BCUT2D eigenvalue weighted by Gasteiger charge is -2.14. The molecule has 0 fully saturated rings. The molecule has 0 aliphatic heterocycles. The predicted octanol–water partition coefficient (Wildman–Crippen LogP) is 5.48. The Balaban J connectivity index is 1.51. The highest BCUT2D eigenvalue weighted by Crippen LogP contribution is 2.31. The topological polar surface area (TPSA) is 140 Å². The molecule has 0 aliphatic carbocycles. The van der Waals surface area contributed by atoms with Crippen molar-refractivity contribution < 1.29 is 31.1 Å². The van der Waals surface area contributed by atoms with Crippen LogP contribution < -0.4 is 24.2 Å². The van der Waals surface area contributed by atoms with Gasteiger partial charge in [0, 0.05) is 23.0 Å². The summed E-state index contributed by atoms with van der Waals surface area (Å²) < 4.78 is 67.9. The molecule has 42 heavy (non-hydrogen) atoms. The highest BCUT2D eigenvalue weighted by atomic mass is 32.2. The van der Waals surface area contributed by atoms with Crippen molar-refractivity contribution in [2.75, 3.05) is 29.0 Å². The van der Waals surface area contributed by atoms with Gasteiger partial charge in [-0.05, 0) is 98.1 Å². The van der Waals surface area contributed by atoms with E-state index in [0.717, 1.165) is 11.1 Å². The normalized spacial score (nSPS) is 11.5. The third-order valence-corrected chi connectivity index (χ3v) is 9.19. The lowest BCUT2D eigenvalue weighted by atomic mass is 10.1. The Kier molecular flexibility index (Phi) is 8.78. The Morgan fingerprint density at radius 2 is 1.33 bits per heavy atom. The molecule has 0 aliphatic rings. The molecule has 0 saturated carbocycles. The van der Waals surface area contributed by atoms with Gasteiger partial charge in [0.1, 0.15) is 11.5 Å². The second kappa shape index (κ2) is 12.1. The summed E-state index contributed by atoms with van der Waals surface area (Å²) in [6.07, 6.45) is 0. The maximum atomic E-state index is 13.2. The van der Waals surface area contributed by atoms with Crippen LogP contribution in [0.1, 0.15) is 27.0 Å². The van der Waals surface area contributed by atoms with Crippen LogP contribution in [0.15, 0.2) is 88.7 Å². The number of aryl methyl sites for hydroxylation is 3. The van der Waals surface area contributed by atoms with Crippen LogP contribution in [-0.4, -0.2) is 37.0 Å². The van der Waals surface area contributed by atoms with E-state index in [0.29, 0.717) is 28.4 Å². The molecule has 0 atom stereocenters. The molecule has 0 radical (unpaired) electrons. The monoisotopic (exact) mass is 609 g/mol. The first-order valence-corrected chi connectivity index (χ1v) is 15.7. The van der Waals surface area contributed by atoms with E-state index in [9.17, 15) is 21.6 Å². The summed E-state index contributed by atoms with van der Waals surface area (Å²) in [6, 6.07) is 20.0. The molecule has 4 rings (SSSR count). The Labute approximate surface area is 245 Å². The number of hydrogen-bond donors (Lipinski definition) is 3. The van der Waals surface area contributed by atoms with Gasteiger partial charge in [0.05, 0.1) is 29.7 Å². The van der Waals surface area contributed by atoms with E-state index >= 15 is 0 Å². The molecule has 0 saturated heterocycles. The lowest BCUT2D eigenvalue weighted by molar-refractivity contribution is 0.102.